The summed E-state index contributed by atoms with van der Waals surface area (Å²) in [5.41, 5.74) is 5.07. The molecule has 5 aromatic rings. The number of amides is 1. The van der Waals surface area contributed by atoms with Gasteiger partial charge in [-0.1, -0.05) is 152 Å². The standard InChI is InChI=1S/C43H45NO6/c1-33(45)44(27-34-17-7-2-8-18-34)40-42(48-30-37-23-13-5-14-24-37)41(47-29-36-21-11-4-12-22-36)39(32-46-28-35-19-9-3-10-20-35)50-43(40)49-31-38-25-15-6-16-26-38/h2-26,39-43H,27-32H2,1H3/t39-,40-,41-,42-,43?/m1/s1. The molecule has 1 unspecified atom stereocenters. The molecular weight excluding hydrogens is 626 g/mol. The fraction of sp³-hybridized carbons (Fsp3) is 0.279. The number of nitrogens with zero attached hydrogens (tertiary/aromatic N) is 1. The molecule has 0 saturated carbocycles. The van der Waals surface area contributed by atoms with Gasteiger partial charge in [0, 0.05) is 13.5 Å². The molecule has 50 heavy (non-hydrogen) atoms. The maximum absolute atomic E-state index is 13.7. The van der Waals surface area contributed by atoms with Crippen molar-refractivity contribution in [2.45, 2.75) is 70.5 Å². The van der Waals surface area contributed by atoms with Gasteiger partial charge in [-0.15, -0.1) is 0 Å². The third-order valence-electron chi connectivity index (χ3n) is 8.80. The van der Waals surface area contributed by atoms with E-state index in [0.29, 0.717) is 26.4 Å². The molecule has 7 nitrogen and oxygen atoms in total. The highest BCUT2D eigenvalue weighted by Crippen LogP contribution is 2.33. The van der Waals surface area contributed by atoms with Crippen molar-refractivity contribution >= 4 is 5.91 Å². The molecule has 0 aromatic heterocycles. The topological polar surface area (TPSA) is 66.5 Å². The van der Waals surface area contributed by atoms with Crippen LogP contribution in [0, 0.1) is 0 Å². The van der Waals surface area contributed by atoms with Crippen LogP contribution in [0.25, 0.3) is 0 Å². The monoisotopic (exact) mass is 671 g/mol. The first-order valence-electron chi connectivity index (χ1n) is 17.2. The molecule has 0 aliphatic carbocycles. The second-order valence-corrected chi connectivity index (χ2v) is 12.5. The fourth-order valence-corrected chi connectivity index (χ4v) is 6.24. The number of hydrogen-bond donors (Lipinski definition) is 0. The molecule has 1 amide bonds. The first-order chi connectivity index (χ1) is 24.6. The van der Waals surface area contributed by atoms with Gasteiger partial charge in [0.25, 0.3) is 0 Å². The van der Waals surface area contributed by atoms with Gasteiger partial charge >= 0.3 is 0 Å². The molecule has 0 N–H and O–H groups in total. The molecule has 5 atom stereocenters. The van der Waals surface area contributed by atoms with Gasteiger partial charge in [0.2, 0.25) is 5.91 Å². The Hall–Kier alpha value is -4.63. The van der Waals surface area contributed by atoms with Crippen molar-refractivity contribution in [3.05, 3.63) is 179 Å². The zero-order valence-electron chi connectivity index (χ0n) is 28.5. The summed E-state index contributed by atoms with van der Waals surface area (Å²) in [6.07, 6.45) is -2.64. The maximum atomic E-state index is 13.7. The van der Waals surface area contributed by atoms with Crippen LogP contribution in [0.2, 0.25) is 0 Å². The summed E-state index contributed by atoms with van der Waals surface area (Å²) >= 11 is 0. The van der Waals surface area contributed by atoms with E-state index in [1.165, 1.54) is 0 Å². The van der Waals surface area contributed by atoms with Gasteiger partial charge in [-0.25, -0.2) is 0 Å². The largest absolute Gasteiger partial charge is 0.374 e. The summed E-state index contributed by atoms with van der Waals surface area (Å²) in [7, 11) is 0. The molecule has 1 aliphatic rings. The van der Waals surface area contributed by atoms with Crippen LogP contribution >= 0.6 is 0 Å². The third-order valence-corrected chi connectivity index (χ3v) is 8.80. The van der Waals surface area contributed by atoms with Crippen molar-refractivity contribution in [3.8, 4) is 0 Å². The highest BCUT2D eigenvalue weighted by atomic mass is 16.7. The van der Waals surface area contributed by atoms with Crippen LogP contribution in [0.1, 0.15) is 34.7 Å². The molecule has 258 valence electrons. The lowest BCUT2D eigenvalue weighted by molar-refractivity contribution is -0.307. The van der Waals surface area contributed by atoms with Crippen molar-refractivity contribution in [3.63, 3.8) is 0 Å². The van der Waals surface area contributed by atoms with Gasteiger partial charge in [-0.05, 0) is 27.8 Å². The molecule has 6 rings (SSSR count). The predicted octanol–water partition coefficient (Wildman–Crippen LogP) is 7.73. The first-order valence-corrected chi connectivity index (χ1v) is 17.2. The van der Waals surface area contributed by atoms with E-state index in [2.05, 4.69) is 0 Å². The van der Waals surface area contributed by atoms with E-state index >= 15 is 0 Å². The maximum Gasteiger partial charge on any atom is 0.220 e. The smallest absolute Gasteiger partial charge is 0.220 e. The summed E-state index contributed by atoms with van der Waals surface area (Å²) < 4.78 is 33.5. The Kier molecular flexibility index (Phi) is 12.9. The van der Waals surface area contributed by atoms with E-state index in [4.69, 9.17) is 23.7 Å². The van der Waals surface area contributed by atoms with Crippen molar-refractivity contribution in [1.82, 2.24) is 4.90 Å². The highest BCUT2D eigenvalue weighted by Gasteiger charge is 2.51. The van der Waals surface area contributed by atoms with Crippen LogP contribution in [-0.2, 0) is 61.5 Å². The Balaban J connectivity index is 1.37. The zero-order chi connectivity index (χ0) is 34.4. The molecule has 0 spiro atoms. The van der Waals surface area contributed by atoms with Crippen molar-refractivity contribution in [2.24, 2.45) is 0 Å². The third kappa shape index (κ3) is 9.97. The van der Waals surface area contributed by atoms with E-state index in [1.807, 2.05) is 152 Å². The van der Waals surface area contributed by atoms with Gasteiger partial charge in [0.1, 0.15) is 24.4 Å². The summed E-state index contributed by atoms with van der Waals surface area (Å²) in [5, 5.41) is 0. The minimum absolute atomic E-state index is 0.121. The van der Waals surface area contributed by atoms with Crippen molar-refractivity contribution < 1.29 is 28.5 Å². The molecular formula is C43H45NO6. The normalized spacial score (nSPS) is 20.3. The summed E-state index contributed by atoms with van der Waals surface area (Å²) in [6, 6.07) is 49.4. The van der Waals surface area contributed by atoms with E-state index in [0.717, 1.165) is 27.8 Å². The lowest BCUT2D eigenvalue weighted by Gasteiger charge is -2.49. The van der Waals surface area contributed by atoms with Crippen LogP contribution in [0.15, 0.2) is 152 Å². The number of rotatable bonds is 16. The Bertz CT molecular complexity index is 1690. The Labute approximate surface area is 295 Å². The van der Waals surface area contributed by atoms with Gasteiger partial charge in [0.15, 0.2) is 6.29 Å². The van der Waals surface area contributed by atoms with E-state index < -0.39 is 30.6 Å². The van der Waals surface area contributed by atoms with Crippen molar-refractivity contribution in [2.75, 3.05) is 6.61 Å². The second kappa shape index (κ2) is 18.4. The quantitative estimate of drug-likeness (QED) is 0.107. The lowest BCUT2D eigenvalue weighted by atomic mass is 9.94. The Morgan fingerprint density at radius 3 is 1.40 bits per heavy atom. The molecule has 7 heteroatoms. The van der Waals surface area contributed by atoms with Crippen LogP contribution in [0.5, 0.6) is 0 Å². The highest BCUT2D eigenvalue weighted by molar-refractivity contribution is 5.73. The lowest BCUT2D eigenvalue weighted by Crippen LogP contribution is -2.66. The van der Waals surface area contributed by atoms with Crippen LogP contribution in [0.3, 0.4) is 0 Å². The molecule has 1 saturated heterocycles. The van der Waals surface area contributed by atoms with Crippen LogP contribution in [0.4, 0.5) is 0 Å². The second-order valence-electron chi connectivity index (χ2n) is 12.5. The summed E-state index contributed by atoms with van der Waals surface area (Å²) in [6.45, 7) is 3.51. The van der Waals surface area contributed by atoms with E-state index in [1.54, 1.807) is 11.8 Å². The minimum Gasteiger partial charge on any atom is -0.374 e. The molecule has 1 heterocycles. The number of hydrogen-bond acceptors (Lipinski definition) is 6. The number of carbonyl (C=O) groups is 1. The fourth-order valence-electron chi connectivity index (χ4n) is 6.24. The number of benzene rings is 5. The molecule has 0 bridgehead atoms. The first kappa shape index (κ1) is 35.2. The Morgan fingerprint density at radius 1 is 0.540 bits per heavy atom. The summed E-state index contributed by atoms with van der Waals surface area (Å²) in [5.74, 6) is -0.121. The number of ether oxygens (including phenoxy) is 5. The SMILES string of the molecule is CC(=O)N(Cc1ccccc1)[C@H]1C(OCc2ccccc2)O[C@H](COCc2ccccc2)[C@@H](OCc2ccccc2)[C@@H]1OCc1ccccc1. The average molecular weight is 672 g/mol. The van der Waals surface area contributed by atoms with E-state index in [9.17, 15) is 4.79 Å². The van der Waals surface area contributed by atoms with Gasteiger partial charge in [-0.2, -0.15) is 0 Å². The molecule has 0 radical (unpaired) electrons. The Morgan fingerprint density at radius 2 is 0.940 bits per heavy atom. The van der Waals surface area contributed by atoms with Gasteiger partial charge in [-0.3, -0.25) is 4.79 Å². The molecule has 1 fully saturated rings. The van der Waals surface area contributed by atoms with E-state index in [-0.39, 0.29) is 19.1 Å². The molecule has 5 aromatic carbocycles. The van der Waals surface area contributed by atoms with Crippen LogP contribution in [-0.4, -0.2) is 48.1 Å². The number of carbonyl (C=O) groups excluding carboxylic acids is 1. The zero-order valence-corrected chi connectivity index (χ0v) is 28.5. The molecule has 1 aliphatic heterocycles. The minimum atomic E-state index is -0.842. The average Bonchev–Trinajstić information content (AvgIpc) is 3.17. The van der Waals surface area contributed by atoms with Gasteiger partial charge in [0.05, 0.1) is 33.0 Å². The van der Waals surface area contributed by atoms with Crippen LogP contribution < -0.4 is 0 Å². The van der Waals surface area contributed by atoms with Gasteiger partial charge < -0.3 is 28.6 Å². The van der Waals surface area contributed by atoms with Crippen molar-refractivity contribution in [1.29, 1.82) is 0 Å². The summed E-state index contributed by atoms with van der Waals surface area (Å²) in [4.78, 5) is 15.5. The predicted molar refractivity (Wildman–Crippen MR) is 192 cm³/mol.